The number of rotatable bonds is 3. The minimum atomic E-state index is -0.851. The van der Waals surface area contributed by atoms with Gasteiger partial charge < -0.3 is 9.73 Å². The van der Waals surface area contributed by atoms with Crippen molar-refractivity contribution in [2.24, 2.45) is 5.10 Å². The van der Waals surface area contributed by atoms with Gasteiger partial charge in [-0.1, -0.05) is 12.1 Å². The minimum absolute atomic E-state index is 0.492. The largest absolute Gasteiger partial charge is 0.460 e. The maximum Gasteiger partial charge on any atom is 0.329 e. The van der Waals surface area contributed by atoms with Gasteiger partial charge in [0, 0.05) is 5.69 Å². The molecule has 0 fully saturated rings. The number of hydrazone groups is 1. The number of carbonyl (C=O) groups excluding carboxylic acids is 2. The molecule has 0 unspecified atom stereocenters. The molecular formula is C15H15N3O3. The fourth-order valence-electron chi connectivity index (χ4n) is 1.64. The van der Waals surface area contributed by atoms with E-state index < -0.39 is 11.8 Å². The number of anilines is 1. The normalized spacial score (nSPS) is 10.6. The predicted octanol–water partition coefficient (Wildman–Crippen LogP) is 1.99. The van der Waals surface area contributed by atoms with E-state index in [1.54, 1.807) is 37.3 Å². The molecular weight excluding hydrogens is 270 g/mol. The quantitative estimate of drug-likeness (QED) is 0.514. The zero-order valence-corrected chi connectivity index (χ0v) is 11.7. The summed E-state index contributed by atoms with van der Waals surface area (Å²) in [5.74, 6) is -0.406. The van der Waals surface area contributed by atoms with Crippen molar-refractivity contribution in [1.29, 1.82) is 0 Å². The zero-order chi connectivity index (χ0) is 15.2. The molecule has 0 saturated heterocycles. The number of aryl methyl sites for hydroxylation is 2. The van der Waals surface area contributed by atoms with E-state index in [1.807, 2.05) is 13.0 Å². The monoisotopic (exact) mass is 285 g/mol. The topological polar surface area (TPSA) is 83.7 Å². The highest BCUT2D eigenvalue weighted by atomic mass is 16.3. The van der Waals surface area contributed by atoms with Crippen LogP contribution < -0.4 is 10.7 Å². The van der Waals surface area contributed by atoms with Gasteiger partial charge in [-0.25, -0.2) is 5.43 Å². The second-order valence-electron chi connectivity index (χ2n) is 4.47. The highest BCUT2D eigenvalue weighted by Gasteiger charge is 2.12. The van der Waals surface area contributed by atoms with Gasteiger partial charge >= 0.3 is 11.8 Å². The van der Waals surface area contributed by atoms with Crippen molar-refractivity contribution in [3.63, 3.8) is 0 Å². The van der Waals surface area contributed by atoms with Gasteiger partial charge in [0.15, 0.2) is 0 Å². The highest BCUT2D eigenvalue weighted by Crippen LogP contribution is 2.09. The number of hydrogen-bond donors (Lipinski definition) is 2. The van der Waals surface area contributed by atoms with Crippen molar-refractivity contribution in [3.8, 4) is 0 Å². The summed E-state index contributed by atoms with van der Waals surface area (Å²) in [6.45, 7) is 3.69. The smallest absolute Gasteiger partial charge is 0.329 e. The van der Waals surface area contributed by atoms with Crippen LogP contribution in [0.4, 0.5) is 5.69 Å². The van der Waals surface area contributed by atoms with Gasteiger partial charge in [-0.2, -0.15) is 5.10 Å². The lowest BCUT2D eigenvalue weighted by Gasteiger charge is -2.04. The Labute approximate surface area is 121 Å². The molecule has 2 aromatic rings. The molecule has 6 heteroatoms. The molecule has 0 bridgehead atoms. The average Bonchev–Trinajstić information content (AvgIpc) is 2.84. The molecule has 21 heavy (non-hydrogen) atoms. The maximum atomic E-state index is 11.6. The van der Waals surface area contributed by atoms with Crippen molar-refractivity contribution in [2.45, 2.75) is 13.8 Å². The van der Waals surface area contributed by atoms with Gasteiger partial charge in [0.1, 0.15) is 11.5 Å². The van der Waals surface area contributed by atoms with Gasteiger partial charge in [0.05, 0.1) is 6.21 Å². The van der Waals surface area contributed by atoms with Gasteiger partial charge in [-0.3, -0.25) is 9.59 Å². The van der Waals surface area contributed by atoms with Crippen LogP contribution in [0, 0.1) is 13.8 Å². The third-order valence-electron chi connectivity index (χ3n) is 2.60. The standard InChI is InChI=1S/C15H15N3O3/c1-10-4-3-5-12(8-10)17-14(19)15(20)18-16-9-13-7-6-11(2)21-13/h3-9H,1-2H3,(H,17,19)(H,18,20)/b16-9+. The van der Waals surface area contributed by atoms with E-state index in [4.69, 9.17) is 4.42 Å². The van der Waals surface area contributed by atoms with Gasteiger partial charge in [-0.15, -0.1) is 0 Å². The number of hydrogen-bond acceptors (Lipinski definition) is 4. The van der Waals surface area contributed by atoms with E-state index in [0.717, 1.165) is 11.3 Å². The van der Waals surface area contributed by atoms with Crippen LogP contribution in [0.1, 0.15) is 17.1 Å². The molecule has 0 atom stereocenters. The number of benzene rings is 1. The van der Waals surface area contributed by atoms with E-state index in [1.165, 1.54) is 6.21 Å². The third kappa shape index (κ3) is 4.31. The van der Waals surface area contributed by atoms with Crippen LogP contribution in [0.3, 0.4) is 0 Å². The maximum absolute atomic E-state index is 11.6. The predicted molar refractivity (Wildman–Crippen MR) is 79.0 cm³/mol. The van der Waals surface area contributed by atoms with Crippen LogP contribution in [0.25, 0.3) is 0 Å². The second-order valence-corrected chi connectivity index (χ2v) is 4.47. The highest BCUT2D eigenvalue weighted by molar-refractivity contribution is 6.39. The van der Waals surface area contributed by atoms with E-state index in [0.29, 0.717) is 11.4 Å². The molecule has 2 rings (SSSR count). The molecule has 2 amide bonds. The summed E-state index contributed by atoms with van der Waals surface area (Å²) >= 11 is 0. The Bertz CT molecular complexity index is 689. The Kier molecular flexibility index (Phi) is 4.50. The summed E-state index contributed by atoms with van der Waals surface area (Å²) < 4.78 is 5.23. The molecule has 0 spiro atoms. The number of furan rings is 1. The summed E-state index contributed by atoms with van der Waals surface area (Å²) in [5, 5.41) is 6.14. The molecule has 1 aromatic heterocycles. The number of carbonyl (C=O) groups is 2. The lowest BCUT2D eigenvalue weighted by molar-refractivity contribution is -0.136. The fourth-order valence-corrected chi connectivity index (χ4v) is 1.64. The van der Waals surface area contributed by atoms with Crippen molar-refractivity contribution >= 4 is 23.7 Å². The molecule has 0 aliphatic heterocycles. The summed E-state index contributed by atoms with van der Waals surface area (Å²) in [5.41, 5.74) is 3.68. The molecule has 1 heterocycles. The third-order valence-corrected chi connectivity index (χ3v) is 2.60. The molecule has 0 saturated carbocycles. The summed E-state index contributed by atoms with van der Waals surface area (Å²) in [4.78, 5) is 23.2. The molecule has 0 aliphatic carbocycles. The first-order valence-electron chi connectivity index (χ1n) is 6.32. The van der Waals surface area contributed by atoms with Crippen LogP contribution in [0.2, 0.25) is 0 Å². The van der Waals surface area contributed by atoms with E-state index in [-0.39, 0.29) is 0 Å². The van der Waals surface area contributed by atoms with Gasteiger partial charge in [-0.05, 0) is 43.7 Å². The number of nitrogens with one attached hydrogen (secondary N) is 2. The van der Waals surface area contributed by atoms with E-state index >= 15 is 0 Å². The van der Waals surface area contributed by atoms with Gasteiger partial charge in [0.25, 0.3) is 0 Å². The average molecular weight is 285 g/mol. The molecule has 1 aromatic carbocycles. The Morgan fingerprint density at radius 1 is 1.14 bits per heavy atom. The molecule has 2 N–H and O–H groups in total. The SMILES string of the molecule is Cc1cccc(NC(=O)C(=O)N/N=C/c2ccc(C)o2)c1. The minimum Gasteiger partial charge on any atom is -0.460 e. The number of nitrogens with zero attached hydrogens (tertiary/aromatic N) is 1. The second kappa shape index (κ2) is 6.51. The summed E-state index contributed by atoms with van der Waals surface area (Å²) in [6.07, 6.45) is 1.32. The Morgan fingerprint density at radius 2 is 1.95 bits per heavy atom. The van der Waals surface area contributed by atoms with E-state index in [9.17, 15) is 9.59 Å². The molecule has 108 valence electrons. The van der Waals surface area contributed by atoms with Crippen molar-refractivity contribution < 1.29 is 14.0 Å². The van der Waals surface area contributed by atoms with E-state index in [2.05, 4.69) is 15.8 Å². The first kappa shape index (κ1) is 14.5. The number of amides is 2. The van der Waals surface area contributed by atoms with Crippen molar-refractivity contribution in [2.75, 3.05) is 5.32 Å². The van der Waals surface area contributed by atoms with Gasteiger partial charge in [0.2, 0.25) is 0 Å². The summed E-state index contributed by atoms with van der Waals surface area (Å²) in [6, 6.07) is 10.6. The van der Waals surface area contributed by atoms with Crippen LogP contribution in [-0.2, 0) is 9.59 Å². The van der Waals surface area contributed by atoms with Crippen LogP contribution in [0.5, 0.6) is 0 Å². The summed E-state index contributed by atoms with van der Waals surface area (Å²) in [7, 11) is 0. The zero-order valence-electron chi connectivity index (χ0n) is 11.7. The fraction of sp³-hybridized carbons (Fsp3) is 0.133. The Balaban J connectivity index is 1.88. The van der Waals surface area contributed by atoms with Crippen LogP contribution in [0.15, 0.2) is 45.9 Å². The van der Waals surface area contributed by atoms with Crippen molar-refractivity contribution in [1.82, 2.24) is 5.43 Å². The first-order valence-corrected chi connectivity index (χ1v) is 6.32. The molecule has 0 aliphatic rings. The van der Waals surface area contributed by atoms with Crippen molar-refractivity contribution in [3.05, 3.63) is 53.5 Å². The molecule has 6 nitrogen and oxygen atoms in total. The Morgan fingerprint density at radius 3 is 2.62 bits per heavy atom. The first-order chi connectivity index (χ1) is 10.0. The molecule has 0 radical (unpaired) electrons. The van der Waals surface area contributed by atoms with Crippen LogP contribution >= 0.6 is 0 Å². The van der Waals surface area contributed by atoms with Crippen LogP contribution in [-0.4, -0.2) is 18.0 Å². The lowest BCUT2D eigenvalue weighted by atomic mass is 10.2. The lowest BCUT2D eigenvalue weighted by Crippen LogP contribution is -2.32. The Hall–Kier alpha value is -2.89.